The lowest BCUT2D eigenvalue weighted by Gasteiger charge is -2.15. The molecule has 0 unspecified atom stereocenters. The lowest BCUT2D eigenvalue weighted by Crippen LogP contribution is -2.39. The molecule has 0 aliphatic carbocycles. The van der Waals surface area contributed by atoms with Crippen LogP contribution in [0.1, 0.15) is 10.4 Å². The minimum atomic E-state index is -3.37. The fourth-order valence-corrected chi connectivity index (χ4v) is 1.84. The van der Waals surface area contributed by atoms with Gasteiger partial charge in [0.2, 0.25) is 0 Å². The van der Waals surface area contributed by atoms with Gasteiger partial charge in [-0.25, -0.2) is 8.78 Å². The minimum Gasteiger partial charge on any atom is -0.496 e. The second-order valence-corrected chi connectivity index (χ2v) is 5.23. The molecule has 0 aliphatic heterocycles. The van der Waals surface area contributed by atoms with Gasteiger partial charge in [-0.1, -0.05) is 11.6 Å². The largest absolute Gasteiger partial charge is 0.496 e. The fourth-order valence-electron chi connectivity index (χ4n) is 1.24. The van der Waals surface area contributed by atoms with Crippen LogP contribution in [0.5, 0.6) is 5.75 Å². The van der Waals surface area contributed by atoms with Crippen LogP contribution in [-0.4, -0.2) is 37.2 Å². The predicted molar refractivity (Wildman–Crippen MR) is 75.1 cm³/mol. The number of halogens is 4. The van der Waals surface area contributed by atoms with Crippen LogP contribution in [0.4, 0.5) is 8.78 Å². The van der Waals surface area contributed by atoms with E-state index < -0.39 is 25.0 Å². The van der Waals surface area contributed by atoms with E-state index in [0.717, 1.165) is 0 Å². The number of benzene rings is 1. The molecular weight excluding hydrogens is 394 g/mol. The number of amides is 1. The van der Waals surface area contributed by atoms with Crippen molar-refractivity contribution in [1.29, 1.82) is 0 Å². The molecule has 4 nitrogen and oxygen atoms in total. The zero-order chi connectivity index (χ0) is 14.6. The van der Waals surface area contributed by atoms with E-state index in [9.17, 15) is 13.6 Å². The molecule has 1 aromatic rings. The van der Waals surface area contributed by atoms with Crippen LogP contribution in [0, 0.1) is 3.57 Å². The van der Waals surface area contributed by atoms with Gasteiger partial charge in [-0.2, -0.15) is 0 Å². The lowest BCUT2D eigenvalue weighted by atomic mass is 10.2. The third-order valence-electron chi connectivity index (χ3n) is 2.23. The topological polar surface area (TPSA) is 58.6 Å². The van der Waals surface area contributed by atoms with Crippen LogP contribution < -0.4 is 10.1 Å². The summed E-state index contributed by atoms with van der Waals surface area (Å²) in [5.74, 6) is -3.88. The number of ether oxygens (including phenoxy) is 1. The highest BCUT2D eigenvalue weighted by atomic mass is 127. The molecular formula is C11H11ClF2INO3. The van der Waals surface area contributed by atoms with Crippen molar-refractivity contribution < 1.29 is 23.4 Å². The molecule has 2 N–H and O–H groups in total. The molecule has 0 atom stereocenters. The molecule has 0 saturated carbocycles. The Balaban J connectivity index is 2.91. The minimum absolute atomic E-state index is 0.0571. The number of aliphatic hydroxyl groups is 1. The Morgan fingerprint density at radius 2 is 2.21 bits per heavy atom. The maximum absolute atomic E-state index is 12.8. The summed E-state index contributed by atoms with van der Waals surface area (Å²) >= 11 is 7.83. The number of alkyl halides is 2. The molecule has 0 aromatic heterocycles. The van der Waals surface area contributed by atoms with E-state index >= 15 is 0 Å². The fraction of sp³-hybridized carbons (Fsp3) is 0.364. The molecule has 0 radical (unpaired) electrons. The van der Waals surface area contributed by atoms with Crippen molar-refractivity contribution in [3.8, 4) is 5.75 Å². The summed E-state index contributed by atoms with van der Waals surface area (Å²) in [5, 5.41) is 10.8. The average molecular weight is 406 g/mol. The molecule has 0 saturated heterocycles. The molecule has 1 rings (SSSR count). The van der Waals surface area contributed by atoms with E-state index in [0.29, 0.717) is 8.59 Å². The molecule has 106 valence electrons. The molecule has 0 aliphatic rings. The van der Waals surface area contributed by atoms with Crippen LogP contribution in [0.25, 0.3) is 0 Å². The predicted octanol–water partition coefficient (Wildman–Crippen LogP) is 2.31. The highest BCUT2D eigenvalue weighted by Crippen LogP contribution is 2.28. The van der Waals surface area contributed by atoms with Gasteiger partial charge in [0.25, 0.3) is 11.8 Å². The van der Waals surface area contributed by atoms with Gasteiger partial charge in [0.15, 0.2) is 0 Å². The van der Waals surface area contributed by atoms with Crippen molar-refractivity contribution in [2.24, 2.45) is 0 Å². The quantitative estimate of drug-likeness (QED) is 0.739. The maximum Gasteiger partial charge on any atom is 0.287 e. The van der Waals surface area contributed by atoms with E-state index in [1.807, 2.05) is 27.9 Å². The number of hydrogen-bond acceptors (Lipinski definition) is 3. The maximum atomic E-state index is 12.8. The number of nitrogens with one attached hydrogen (secondary N) is 1. The molecule has 0 bridgehead atoms. The van der Waals surface area contributed by atoms with Crippen LogP contribution in [-0.2, 0) is 0 Å². The first-order valence-corrected chi connectivity index (χ1v) is 6.56. The number of carbonyl (C=O) groups excluding carboxylic acids is 1. The summed E-state index contributed by atoms with van der Waals surface area (Å²) < 4.78 is 31.3. The van der Waals surface area contributed by atoms with Crippen LogP contribution in [0.2, 0.25) is 5.02 Å². The normalized spacial score (nSPS) is 11.3. The molecule has 0 fully saturated rings. The third-order valence-corrected chi connectivity index (χ3v) is 3.75. The van der Waals surface area contributed by atoms with Gasteiger partial charge in [-0.3, -0.25) is 4.79 Å². The number of rotatable bonds is 5. The lowest BCUT2D eigenvalue weighted by molar-refractivity contribution is -0.0462. The Morgan fingerprint density at radius 1 is 1.58 bits per heavy atom. The number of aliphatic hydroxyl groups excluding tert-OH is 1. The van der Waals surface area contributed by atoms with Crippen molar-refractivity contribution in [2.75, 3.05) is 20.3 Å². The van der Waals surface area contributed by atoms with Gasteiger partial charge in [0.1, 0.15) is 12.4 Å². The van der Waals surface area contributed by atoms with Gasteiger partial charge < -0.3 is 15.2 Å². The van der Waals surface area contributed by atoms with Crippen molar-refractivity contribution in [3.05, 3.63) is 26.3 Å². The van der Waals surface area contributed by atoms with E-state index in [1.165, 1.54) is 19.2 Å². The van der Waals surface area contributed by atoms with E-state index in [-0.39, 0.29) is 11.3 Å². The summed E-state index contributed by atoms with van der Waals surface area (Å²) in [6.45, 7) is -2.30. The number of methoxy groups -OCH3 is 1. The Kier molecular flexibility index (Phi) is 5.75. The highest BCUT2D eigenvalue weighted by molar-refractivity contribution is 14.1. The SMILES string of the molecule is COc1cc(I)c(Cl)cc1C(=O)NCC(F)(F)CO. The first-order valence-electron chi connectivity index (χ1n) is 5.10. The molecule has 19 heavy (non-hydrogen) atoms. The summed E-state index contributed by atoms with van der Waals surface area (Å²) in [6, 6.07) is 2.87. The number of hydrogen-bond donors (Lipinski definition) is 2. The van der Waals surface area contributed by atoms with Gasteiger partial charge in [-0.15, -0.1) is 0 Å². The van der Waals surface area contributed by atoms with Crippen LogP contribution in [0.3, 0.4) is 0 Å². The third kappa shape index (κ3) is 4.43. The van der Waals surface area contributed by atoms with Gasteiger partial charge in [0.05, 0.1) is 24.2 Å². The zero-order valence-electron chi connectivity index (χ0n) is 9.84. The first-order chi connectivity index (χ1) is 8.80. The second kappa shape index (κ2) is 6.67. The van der Waals surface area contributed by atoms with Crippen molar-refractivity contribution >= 4 is 40.1 Å². The zero-order valence-corrected chi connectivity index (χ0v) is 12.8. The Labute approximate surface area is 127 Å². The Hall–Kier alpha value is -0.670. The van der Waals surface area contributed by atoms with E-state index in [4.69, 9.17) is 21.4 Å². The molecule has 8 heteroatoms. The van der Waals surface area contributed by atoms with Crippen LogP contribution >= 0.6 is 34.2 Å². The van der Waals surface area contributed by atoms with E-state index in [2.05, 4.69) is 0 Å². The number of carbonyl (C=O) groups is 1. The molecule has 0 heterocycles. The summed E-state index contributed by atoms with van der Waals surface area (Å²) in [4.78, 5) is 11.8. The smallest absolute Gasteiger partial charge is 0.287 e. The Morgan fingerprint density at radius 3 is 2.74 bits per heavy atom. The van der Waals surface area contributed by atoms with Gasteiger partial charge >= 0.3 is 0 Å². The monoisotopic (exact) mass is 405 g/mol. The second-order valence-electron chi connectivity index (χ2n) is 3.66. The van der Waals surface area contributed by atoms with Crippen LogP contribution in [0.15, 0.2) is 12.1 Å². The Bertz CT molecular complexity index is 485. The highest BCUT2D eigenvalue weighted by Gasteiger charge is 2.29. The molecule has 1 amide bonds. The molecule has 1 aromatic carbocycles. The average Bonchev–Trinajstić information content (AvgIpc) is 2.38. The first kappa shape index (κ1) is 16.4. The van der Waals surface area contributed by atoms with Crippen molar-refractivity contribution in [3.63, 3.8) is 0 Å². The summed E-state index contributed by atoms with van der Waals surface area (Å²) in [7, 11) is 1.36. The van der Waals surface area contributed by atoms with Gasteiger partial charge in [-0.05, 0) is 34.7 Å². The molecule has 0 spiro atoms. The van der Waals surface area contributed by atoms with Crippen molar-refractivity contribution in [2.45, 2.75) is 5.92 Å². The van der Waals surface area contributed by atoms with Crippen molar-refractivity contribution in [1.82, 2.24) is 5.32 Å². The summed E-state index contributed by atoms with van der Waals surface area (Å²) in [6.07, 6.45) is 0. The van der Waals surface area contributed by atoms with Gasteiger partial charge in [0, 0.05) is 3.57 Å². The summed E-state index contributed by atoms with van der Waals surface area (Å²) in [5.41, 5.74) is 0.0571. The standard InChI is InChI=1S/C11H11ClF2INO3/c1-19-9-3-8(15)7(12)2-6(9)10(18)16-4-11(13,14)5-17/h2-3,17H,4-5H2,1H3,(H,16,18). The van der Waals surface area contributed by atoms with E-state index in [1.54, 1.807) is 0 Å².